The molecule has 0 spiro atoms. The van der Waals surface area contributed by atoms with Gasteiger partial charge in [-0.15, -0.1) is 0 Å². The highest BCUT2D eigenvalue weighted by atomic mass is 16.2. The molecule has 2 amide bonds. The largest absolute Gasteiger partial charge is 0.358 e. The van der Waals surface area contributed by atoms with Gasteiger partial charge in [-0.2, -0.15) is 0 Å². The Morgan fingerprint density at radius 1 is 1.35 bits per heavy atom. The number of carbonyl (C=O) groups excluding carboxylic acids is 2. The van der Waals surface area contributed by atoms with Crippen LogP contribution in [-0.2, 0) is 9.59 Å². The van der Waals surface area contributed by atoms with Gasteiger partial charge in [0.15, 0.2) is 0 Å². The van der Waals surface area contributed by atoms with Crippen molar-refractivity contribution in [2.45, 2.75) is 57.9 Å². The van der Waals surface area contributed by atoms with Gasteiger partial charge in [0.2, 0.25) is 11.8 Å². The quantitative estimate of drug-likeness (QED) is 0.739. The van der Waals surface area contributed by atoms with E-state index in [-0.39, 0.29) is 18.4 Å². The van der Waals surface area contributed by atoms with E-state index in [2.05, 4.69) is 5.32 Å². The van der Waals surface area contributed by atoms with Crippen LogP contribution in [0.1, 0.15) is 51.9 Å². The summed E-state index contributed by atoms with van der Waals surface area (Å²) in [6.45, 7) is 2.84. The summed E-state index contributed by atoms with van der Waals surface area (Å²) < 4.78 is 0. The molecule has 0 aromatic rings. The Kier molecular flexibility index (Phi) is 7.59. The third-order valence-electron chi connectivity index (χ3n) is 4.05. The molecule has 0 radical (unpaired) electrons. The van der Waals surface area contributed by atoms with Crippen LogP contribution in [0, 0.1) is 5.92 Å². The number of amides is 2. The van der Waals surface area contributed by atoms with E-state index in [1.165, 1.54) is 12.8 Å². The minimum Gasteiger partial charge on any atom is -0.358 e. The smallest absolute Gasteiger partial charge is 0.239 e. The molecule has 0 bridgehead atoms. The fraction of sp³-hybridized carbons (Fsp3) is 0.867. The highest BCUT2D eigenvalue weighted by Crippen LogP contribution is 2.27. The van der Waals surface area contributed by atoms with E-state index in [0.29, 0.717) is 24.9 Å². The highest BCUT2D eigenvalue weighted by molar-refractivity contribution is 5.84. The highest BCUT2D eigenvalue weighted by Gasteiger charge is 2.22. The molecule has 1 saturated carbocycles. The van der Waals surface area contributed by atoms with Gasteiger partial charge in [-0.1, -0.05) is 19.8 Å². The van der Waals surface area contributed by atoms with Crippen LogP contribution in [-0.4, -0.2) is 42.9 Å². The first-order valence-electron chi connectivity index (χ1n) is 7.80. The lowest BCUT2D eigenvalue weighted by Crippen LogP contribution is -2.40. The van der Waals surface area contributed by atoms with Crippen LogP contribution in [0.25, 0.3) is 0 Å². The normalized spacial score (nSPS) is 22.4. The SMILES string of the molecule is CCCN(CC(=O)NC)C(=O)CCC1CCCC(N)C1. The number of nitrogens with one attached hydrogen (secondary N) is 1. The van der Waals surface area contributed by atoms with E-state index in [4.69, 9.17) is 5.73 Å². The Hall–Kier alpha value is -1.10. The van der Waals surface area contributed by atoms with Gasteiger partial charge in [-0.25, -0.2) is 0 Å². The maximum absolute atomic E-state index is 12.2. The summed E-state index contributed by atoms with van der Waals surface area (Å²) in [6.07, 6.45) is 6.83. The van der Waals surface area contributed by atoms with E-state index in [9.17, 15) is 9.59 Å². The summed E-state index contributed by atoms with van der Waals surface area (Å²) in [6, 6.07) is 0.307. The Balaban J connectivity index is 2.38. The first-order valence-corrected chi connectivity index (χ1v) is 7.80. The predicted molar refractivity (Wildman–Crippen MR) is 80.1 cm³/mol. The molecular weight excluding hydrogens is 254 g/mol. The van der Waals surface area contributed by atoms with Crippen molar-refractivity contribution in [3.63, 3.8) is 0 Å². The van der Waals surface area contributed by atoms with Gasteiger partial charge in [0.1, 0.15) is 0 Å². The molecule has 0 aromatic carbocycles. The molecule has 0 aromatic heterocycles. The molecule has 2 unspecified atom stereocenters. The lowest BCUT2D eigenvalue weighted by molar-refractivity contribution is -0.136. The monoisotopic (exact) mass is 283 g/mol. The fourth-order valence-electron chi connectivity index (χ4n) is 2.89. The van der Waals surface area contributed by atoms with Gasteiger partial charge < -0.3 is 16.0 Å². The van der Waals surface area contributed by atoms with E-state index in [1.54, 1.807) is 11.9 Å². The second-order valence-corrected chi connectivity index (χ2v) is 5.82. The molecule has 5 heteroatoms. The predicted octanol–water partition coefficient (Wildman–Crippen LogP) is 1.27. The van der Waals surface area contributed by atoms with E-state index >= 15 is 0 Å². The molecule has 5 nitrogen and oxygen atoms in total. The number of hydrogen-bond acceptors (Lipinski definition) is 3. The van der Waals surface area contributed by atoms with Crippen LogP contribution >= 0.6 is 0 Å². The average molecular weight is 283 g/mol. The summed E-state index contributed by atoms with van der Waals surface area (Å²) >= 11 is 0. The van der Waals surface area contributed by atoms with Crippen LogP contribution in [0.4, 0.5) is 0 Å². The standard InChI is InChI=1S/C15H29N3O2/c1-3-9-18(11-14(19)17-2)15(20)8-7-12-5-4-6-13(16)10-12/h12-13H,3-11,16H2,1-2H3,(H,17,19). The Morgan fingerprint density at radius 2 is 2.10 bits per heavy atom. The molecule has 0 saturated heterocycles. The minimum atomic E-state index is -0.105. The van der Waals surface area contributed by atoms with Crippen LogP contribution in [0.2, 0.25) is 0 Å². The van der Waals surface area contributed by atoms with Gasteiger partial charge in [0.25, 0.3) is 0 Å². The zero-order valence-corrected chi connectivity index (χ0v) is 12.9. The van der Waals surface area contributed by atoms with Crippen molar-refractivity contribution in [2.24, 2.45) is 11.7 Å². The topological polar surface area (TPSA) is 75.4 Å². The van der Waals surface area contributed by atoms with E-state index in [1.807, 2.05) is 6.92 Å². The van der Waals surface area contributed by atoms with Crippen molar-refractivity contribution in [2.75, 3.05) is 20.1 Å². The second kappa shape index (κ2) is 8.95. The molecule has 1 rings (SSSR count). The summed E-state index contributed by atoms with van der Waals surface area (Å²) in [7, 11) is 1.60. The molecular formula is C15H29N3O2. The van der Waals surface area contributed by atoms with Gasteiger partial charge in [-0.05, 0) is 31.6 Å². The zero-order chi connectivity index (χ0) is 15.0. The Bertz CT molecular complexity index is 320. The molecule has 0 heterocycles. The van der Waals surface area contributed by atoms with Crippen LogP contribution in [0.5, 0.6) is 0 Å². The number of rotatable bonds is 7. The molecule has 1 fully saturated rings. The average Bonchev–Trinajstić information content (AvgIpc) is 2.44. The van der Waals surface area contributed by atoms with Gasteiger partial charge in [-0.3, -0.25) is 9.59 Å². The van der Waals surface area contributed by atoms with Crippen molar-refractivity contribution in [1.29, 1.82) is 0 Å². The summed E-state index contributed by atoms with van der Waals surface area (Å²) in [4.78, 5) is 25.3. The maximum atomic E-state index is 12.2. The fourth-order valence-corrected chi connectivity index (χ4v) is 2.89. The minimum absolute atomic E-state index is 0.0922. The van der Waals surface area contributed by atoms with Crippen molar-refractivity contribution >= 4 is 11.8 Å². The van der Waals surface area contributed by atoms with E-state index in [0.717, 1.165) is 25.7 Å². The first-order chi connectivity index (χ1) is 9.56. The molecule has 1 aliphatic carbocycles. The first kappa shape index (κ1) is 17.0. The zero-order valence-electron chi connectivity index (χ0n) is 12.9. The number of nitrogens with two attached hydrogens (primary N) is 1. The van der Waals surface area contributed by atoms with Crippen molar-refractivity contribution < 1.29 is 9.59 Å². The molecule has 116 valence electrons. The Labute approximate surface area is 122 Å². The van der Waals surface area contributed by atoms with E-state index < -0.39 is 0 Å². The molecule has 2 atom stereocenters. The maximum Gasteiger partial charge on any atom is 0.239 e. The van der Waals surface area contributed by atoms with Crippen LogP contribution in [0.3, 0.4) is 0 Å². The summed E-state index contributed by atoms with van der Waals surface area (Å²) in [5, 5.41) is 2.57. The Morgan fingerprint density at radius 3 is 2.70 bits per heavy atom. The van der Waals surface area contributed by atoms with Gasteiger partial charge in [0, 0.05) is 26.1 Å². The summed E-state index contributed by atoms with van der Waals surface area (Å²) in [5.74, 6) is 0.562. The molecule has 1 aliphatic rings. The summed E-state index contributed by atoms with van der Waals surface area (Å²) in [5.41, 5.74) is 5.97. The number of nitrogens with zero attached hydrogens (tertiary/aromatic N) is 1. The molecule has 20 heavy (non-hydrogen) atoms. The lowest BCUT2D eigenvalue weighted by atomic mass is 9.83. The van der Waals surface area contributed by atoms with Crippen LogP contribution < -0.4 is 11.1 Å². The number of hydrogen-bond donors (Lipinski definition) is 2. The van der Waals surface area contributed by atoms with Crippen LogP contribution in [0.15, 0.2) is 0 Å². The third-order valence-corrected chi connectivity index (χ3v) is 4.05. The second-order valence-electron chi connectivity index (χ2n) is 5.82. The third kappa shape index (κ3) is 5.90. The van der Waals surface area contributed by atoms with Gasteiger partial charge >= 0.3 is 0 Å². The molecule has 0 aliphatic heterocycles. The van der Waals surface area contributed by atoms with Crippen molar-refractivity contribution in [3.8, 4) is 0 Å². The number of likely N-dealkylation sites (N-methyl/N-ethyl adjacent to an activating group) is 1. The number of carbonyl (C=O) groups is 2. The van der Waals surface area contributed by atoms with Crippen molar-refractivity contribution in [3.05, 3.63) is 0 Å². The lowest BCUT2D eigenvalue weighted by Gasteiger charge is -2.27. The molecule has 3 N–H and O–H groups in total. The van der Waals surface area contributed by atoms with Crippen molar-refractivity contribution in [1.82, 2.24) is 10.2 Å². The van der Waals surface area contributed by atoms with Gasteiger partial charge in [0.05, 0.1) is 6.54 Å².